The van der Waals surface area contributed by atoms with E-state index in [0.29, 0.717) is 17.3 Å². The van der Waals surface area contributed by atoms with Gasteiger partial charge in [0.1, 0.15) is 11.5 Å². The molecule has 0 aliphatic heterocycles. The van der Waals surface area contributed by atoms with Crippen molar-refractivity contribution >= 4 is 0 Å². The van der Waals surface area contributed by atoms with Crippen molar-refractivity contribution in [3.8, 4) is 101 Å². The van der Waals surface area contributed by atoms with E-state index < -0.39 is 0 Å². The van der Waals surface area contributed by atoms with E-state index in [0.717, 1.165) is 87.3 Å². The van der Waals surface area contributed by atoms with Gasteiger partial charge in [0.25, 0.3) is 0 Å². The second kappa shape index (κ2) is 22.7. The van der Waals surface area contributed by atoms with Crippen molar-refractivity contribution in [3.63, 3.8) is 0 Å². The molecular formula is C71H53N5O. The lowest BCUT2D eigenvalue weighted by Gasteiger charge is -2.18. The third-order valence-corrected chi connectivity index (χ3v) is 14.1. The summed E-state index contributed by atoms with van der Waals surface area (Å²) in [5, 5.41) is 0. The second-order valence-corrected chi connectivity index (χ2v) is 19.1. The van der Waals surface area contributed by atoms with Crippen LogP contribution in [0.25, 0.3) is 89.7 Å². The van der Waals surface area contributed by atoms with E-state index in [9.17, 15) is 0 Å². The Kier molecular flexibility index (Phi) is 14.2. The van der Waals surface area contributed by atoms with E-state index in [-0.39, 0.29) is 0 Å². The van der Waals surface area contributed by atoms with E-state index in [2.05, 4.69) is 191 Å². The molecule has 0 bridgehead atoms. The van der Waals surface area contributed by atoms with Crippen molar-refractivity contribution in [2.75, 3.05) is 0 Å². The van der Waals surface area contributed by atoms with E-state index in [1.807, 2.05) is 85.3 Å². The predicted molar refractivity (Wildman–Crippen MR) is 313 cm³/mol. The number of nitrogens with zero attached hydrogens (tertiary/aromatic N) is 5. The summed E-state index contributed by atoms with van der Waals surface area (Å²) < 4.78 is 6.98. The molecule has 4 heterocycles. The minimum atomic E-state index is 0.625. The second-order valence-electron chi connectivity index (χ2n) is 19.1. The quantitative estimate of drug-likeness (QED) is 0.0960. The van der Waals surface area contributed by atoms with Gasteiger partial charge in [-0.1, -0.05) is 164 Å². The first-order valence-corrected chi connectivity index (χ1v) is 26.2. The number of pyridine rings is 3. The van der Waals surface area contributed by atoms with Gasteiger partial charge in [-0.2, -0.15) is 0 Å². The molecule has 0 spiro atoms. The highest BCUT2D eigenvalue weighted by atomic mass is 16.5. The summed E-state index contributed by atoms with van der Waals surface area (Å²) in [6.07, 6.45) is 12.5. The van der Waals surface area contributed by atoms with Crippen LogP contribution in [0, 0.1) is 0 Å². The van der Waals surface area contributed by atoms with E-state index in [1.54, 1.807) is 12.4 Å². The lowest BCUT2D eigenvalue weighted by Crippen LogP contribution is -2.00. The van der Waals surface area contributed by atoms with Crippen LogP contribution in [0.2, 0.25) is 0 Å². The van der Waals surface area contributed by atoms with Crippen LogP contribution in [0.5, 0.6) is 11.5 Å². The first-order chi connectivity index (χ1) is 38.1. The van der Waals surface area contributed by atoms with Gasteiger partial charge in [0.2, 0.25) is 0 Å². The zero-order valence-corrected chi connectivity index (χ0v) is 42.5. The maximum Gasteiger partial charge on any atom is 0.159 e. The summed E-state index contributed by atoms with van der Waals surface area (Å²) in [4.78, 5) is 23.3. The molecule has 0 N–H and O–H groups in total. The lowest BCUT2D eigenvalue weighted by atomic mass is 9.88. The first-order valence-electron chi connectivity index (χ1n) is 26.2. The fourth-order valence-electron chi connectivity index (χ4n) is 10.3. The third kappa shape index (κ3) is 11.1. The molecular weight excluding hydrogens is 939 g/mol. The van der Waals surface area contributed by atoms with E-state index >= 15 is 0 Å². The van der Waals surface area contributed by atoms with Crippen LogP contribution in [-0.2, 0) is 25.7 Å². The standard InChI is InChI=1S/C71H53N5O/c1-3-17-52(18-4-1)65-47-57(68-26-10-13-39-73-68)34-32-54(65)30-28-50-43-51(29-31-55-33-35-58(69-27-11-14-40-74-69)48-66(55)53-19-5-2-6-20-53)45-60(44-50)62-23-7-8-24-63(62)64-37-36-59(71-75-41-16-42-76-71)49-70(64)77-61-22-15-21-56(46-61)67-25-9-12-38-72-67/h1-27,32-49H,28-31H2. The van der Waals surface area contributed by atoms with Crippen molar-refractivity contribution in [2.24, 2.45) is 0 Å². The number of aryl methyl sites for hydroxylation is 4. The molecule has 6 heteroatoms. The van der Waals surface area contributed by atoms with Crippen LogP contribution in [0.1, 0.15) is 22.3 Å². The zero-order chi connectivity index (χ0) is 51.6. The molecule has 0 unspecified atom stereocenters. The Labute approximate surface area is 450 Å². The van der Waals surface area contributed by atoms with Crippen LogP contribution in [0.4, 0.5) is 0 Å². The van der Waals surface area contributed by atoms with Gasteiger partial charge in [-0.15, -0.1) is 0 Å². The highest BCUT2D eigenvalue weighted by Gasteiger charge is 2.18. The van der Waals surface area contributed by atoms with Crippen molar-refractivity contribution in [1.82, 2.24) is 24.9 Å². The van der Waals surface area contributed by atoms with Crippen LogP contribution in [0.15, 0.2) is 274 Å². The molecule has 0 radical (unpaired) electrons. The van der Waals surface area contributed by atoms with Gasteiger partial charge in [0.05, 0.1) is 17.1 Å². The lowest BCUT2D eigenvalue weighted by molar-refractivity contribution is 0.485. The monoisotopic (exact) mass is 991 g/mol. The highest BCUT2D eigenvalue weighted by Crippen LogP contribution is 2.42. The number of hydrogen-bond acceptors (Lipinski definition) is 6. The van der Waals surface area contributed by atoms with Crippen molar-refractivity contribution < 1.29 is 4.74 Å². The SMILES string of the molecule is c1ccc(-c2cc(-c3ccccn3)ccc2CCc2cc(CCc3ccc(-c4ccccn4)cc3-c3ccccc3)cc(-c3ccccc3-c3ccc(-c4ncccn4)cc3Oc3cccc(-c4ccccn4)c3)c2)cc1. The number of benzene rings is 8. The summed E-state index contributed by atoms with van der Waals surface area (Å²) in [7, 11) is 0. The number of hydrogen-bond donors (Lipinski definition) is 0. The summed E-state index contributed by atoms with van der Waals surface area (Å²) in [5.41, 5.74) is 21.1. The zero-order valence-electron chi connectivity index (χ0n) is 42.5. The maximum atomic E-state index is 6.98. The molecule has 0 fully saturated rings. The summed E-state index contributed by atoms with van der Waals surface area (Å²) in [5.74, 6) is 2.02. The molecule has 12 aromatic rings. The Balaban J connectivity index is 0.950. The predicted octanol–water partition coefficient (Wildman–Crippen LogP) is 17.4. The summed E-state index contributed by atoms with van der Waals surface area (Å²) in [6.45, 7) is 0. The van der Waals surface area contributed by atoms with Gasteiger partial charge in [0, 0.05) is 58.8 Å². The Morgan fingerprint density at radius 3 is 1.29 bits per heavy atom. The molecule has 0 atom stereocenters. The number of rotatable bonds is 16. The number of aromatic nitrogens is 5. The Morgan fingerprint density at radius 2 is 0.740 bits per heavy atom. The molecule has 0 saturated heterocycles. The largest absolute Gasteiger partial charge is 0.457 e. The fraction of sp³-hybridized carbons (Fsp3) is 0.0563. The van der Waals surface area contributed by atoms with Crippen molar-refractivity contribution in [3.05, 3.63) is 296 Å². The first kappa shape index (κ1) is 48.1. The van der Waals surface area contributed by atoms with Crippen LogP contribution >= 0.6 is 0 Å². The smallest absolute Gasteiger partial charge is 0.159 e. The van der Waals surface area contributed by atoms with Gasteiger partial charge in [-0.05, 0) is 166 Å². The van der Waals surface area contributed by atoms with Gasteiger partial charge >= 0.3 is 0 Å². The molecule has 4 aromatic heterocycles. The van der Waals surface area contributed by atoms with Crippen LogP contribution in [0.3, 0.4) is 0 Å². The number of ether oxygens (including phenoxy) is 1. The van der Waals surface area contributed by atoms with Crippen LogP contribution < -0.4 is 4.74 Å². The fourth-order valence-corrected chi connectivity index (χ4v) is 10.3. The molecule has 8 aromatic carbocycles. The Hall–Kier alpha value is -9.91. The van der Waals surface area contributed by atoms with Gasteiger partial charge in [-0.3, -0.25) is 15.0 Å². The topological polar surface area (TPSA) is 73.7 Å². The normalized spacial score (nSPS) is 11.1. The molecule has 368 valence electrons. The van der Waals surface area contributed by atoms with Crippen molar-refractivity contribution in [1.29, 1.82) is 0 Å². The van der Waals surface area contributed by atoms with E-state index in [4.69, 9.17) is 14.7 Å². The summed E-state index contributed by atoms with van der Waals surface area (Å²) in [6, 6.07) is 85.4. The molecule has 0 saturated carbocycles. The molecule has 6 nitrogen and oxygen atoms in total. The van der Waals surface area contributed by atoms with Crippen molar-refractivity contribution in [2.45, 2.75) is 25.7 Å². The average molecular weight is 992 g/mol. The maximum absolute atomic E-state index is 6.98. The summed E-state index contributed by atoms with van der Waals surface area (Å²) >= 11 is 0. The third-order valence-electron chi connectivity index (χ3n) is 14.1. The van der Waals surface area contributed by atoms with Gasteiger partial charge in [-0.25, -0.2) is 9.97 Å². The Morgan fingerprint density at radius 1 is 0.260 bits per heavy atom. The average Bonchev–Trinajstić information content (AvgIpc) is 3.52. The minimum absolute atomic E-state index is 0.625. The highest BCUT2D eigenvalue weighted by molar-refractivity contribution is 5.88. The minimum Gasteiger partial charge on any atom is -0.457 e. The molecule has 0 aliphatic rings. The molecule has 77 heavy (non-hydrogen) atoms. The van der Waals surface area contributed by atoms with Crippen LogP contribution in [-0.4, -0.2) is 24.9 Å². The van der Waals surface area contributed by atoms with Gasteiger partial charge < -0.3 is 4.74 Å². The van der Waals surface area contributed by atoms with E-state index in [1.165, 1.54) is 44.5 Å². The molecule has 0 aliphatic carbocycles. The molecule has 12 rings (SSSR count). The Bertz CT molecular complexity index is 3780. The van der Waals surface area contributed by atoms with Gasteiger partial charge in [0.15, 0.2) is 5.82 Å². The molecule has 0 amide bonds.